The molecule has 0 spiro atoms. The fourth-order valence-corrected chi connectivity index (χ4v) is 6.03. The number of piperidine rings is 1. The van der Waals surface area contributed by atoms with E-state index in [1.54, 1.807) is 12.1 Å². The zero-order valence-corrected chi connectivity index (χ0v) is 20.2. The van der Waals surface area contributed by atoms with Crippen molar-refractivity contribution in [2.45, 2.75) is 63.5 Å². The van der Waals surface area contributed by atoms with Crippen LogP contribution in [0.5, 0.6) is 5.75 Å². The molecule has 2 heterocycles. The molecule has 35 heavy (non-hydrogen) atoms. The molecule has 2 aromatic carbocycles. The van der Waals surface area contributed by atoms with E-state index in [9.17, 15) is 14.7 Å². The minimum Gasteiger partial charge on any atom is -0.484 e. The molecule has 1 saturated carbocycles. The van der Waals surface area contributed by atoms with Crippen molar-refractivity contribution in [2.75, 3.05) is 13.2 Å². The van der Waals surface area contributed by atoms with Crippen molar-refractivity contribution in [3.05, 3.63) is 76.1 Å². The largest absolute Gasteiger partial charge is 0.484 e. The molecule has 1 aliphatic heterocycles. The smallest absolute Gasteiger partial charge is 0.336 e. The number of amides is 1. The summed E-state index contributed by atoms with van der Waals surface area (Å²) in [4.78, 5) is 27.3. The average Bonchev–Trinajstić information content (AvgIpc) is 2.86. The Kier molecular flexibility index (Phi) is 6.65. The number of hydrogen-bond donors (Lipinski definition) is 1. The molecular formula is C29H33NO5. The fraction of sp³-hybridized carbons (Fsp3) is 0.448. The van der Waals surface area contributed by atoms with Crippen LogP contribution in [0.1, 0.15) is 62.6 Å². The lowest BCUT2D eigenvalue weighted by molar-refractivity contribution is -0.157. The molecule has 3 atom stereocenters. The third-order valence-electron chi connectivity index (χ3n) is 7.71. The van der Waals surface area contributed by atoms with Crippen LogP contribution in [-0.4, -0.2) is 34.7 Å². The summed E-state index contributed by atoms with van der Waals surface area (Å²) in [7, 11) is 0. The van der Waals surface area contributed by atoms with Crippen LogP contribution in [0.25, 0.3) is 11.0 Å². The summed E-state index contributed by atoms with van der Waals surface area (Å²) in [6.45, 7) is 2.46. The maximum Gasteiger partial charge on any atom is 0.336 e. The van der Waals surface area contributed by atoms with Crippen LogP contribution in [0.15, 0.2) is 63.8 Å². The van der Waals surface area contributed by atoms with Gasteiger partial charge in [0.2, 0.25) is 0 Å². The normalized spacial score (nSPS) is 24.2. The molecule has 3 aromatic rings. The summed E-state index contributed by atoms with van der Waals surface area (Å²) < 4.78 is 11.3. The quantitative estimate of drug-likeness (QED) is 0.507. The van der Waals surface area contributed by atoms with E-state index in [1.807, 2.05) is 47.4 Å². The van der Waals surface area contributed by atoms with E-state index in [4.69, 9.17) is 9.15 Å². The Morgan fingerprint density at radius 2 is 1.97 bits per heavy atom. The van der Waals surface area contributed by atoms with Crippen molar-refractivity contribution in [1.82, 2.24) is 4.90 Å². The maximum atomic E-state index is 13.4. The van der Waals surface area contributed by atoms with Crippen molar-refractivity contribution in [3.63, 3.8) is 0 Å². The predicted octanol–water partition coefficient (Wildman–Crippen LogP) is 5.02. The number of hydrogen-bond acceptors (Lipinski definition) is 5. The van der Waals surface area contributed by atoms with Gasteiger partial charge in [0.15, 0.2) is 6.61 Å². The summed E-state index contributed by atoms with van der Waals surface area (Å²) in [6, 6.07) is 16.8. The van der Waals surface area contributed by atoms with Gasteiger partial charge in [-0.15, -0.1) is 0 Å². The van der Waals surface area contributed by atoms with Crippen LogP contribution < -0.4 is 10.4 Å². The molecule has 6 heteroatoms. The monoisotopic (exact) mass is 475 g/mol. The Balaban J connectivity index is 1.37. The maximum absolute atomic E-state index is 13.4. The van der Waals surface area contributed by atoms with E-state index in [1.165, 1.54) is 0 Å². The van der Waals surface area contributed by atoms with Crippen molar-refractivity contribution in [2.24, 2.45) is 5.92 Å². The van der Waals surface area contributed by atoms with Gasteiger partial charge in [-0.1, -0.05) is 56.5 Å². The van der Waals surface area contributed by atoms with E-state index in [-0.39, 0.29) is 30.1 Å². The molecule has 1 aliphatic carbocycles. The lowest BCUT2D eigenvalue weighted by atomic mass is 9.66. The minimum atomic E-state index is -0.720. The fourth-order valence-electron chi connectivity index (χ4n) is 6.03. The van der Waals surface area contributed by atoms with Gasteiger partial charge >= 0.3 is 5.63 Å². The second kappa shape index (κ2) is 9.86. The molecule has 1 amide bonds. The standard InChI is InChI=1S/C29H33NO5/c1-2-8-21-17-27(32)35-25-18-22(12-13-23(21)25)34-19-26(31)30-16-15-29(33)14-7-6-11-24(29)28(30)20-9-4-3-5-10-20/h3-5,9-10,12-13,17-18,24,28,33H,2,6-8,11,14-16,19H2,1H3/t24-,28?,29-/m0/s1. The van der Waals surface area contributed by atoms with E-state index >= 15 is 0 Å². The van der Waals surface area contributed by atoms with Gasteiger partial charge in [0, 0.05) is 30.0 Å². The summed E-state index contributed by atoms with van der Waals surface area (Å²) in [5, 5.41) is 12.3. The lowest BCUT2D eigenvalue weighted by Crippen LogP contribution is -2.56. The molecule has 1 N–H and O–H groups in total. The molecular weight excluding hydrogens is 442 g/mol. The number of nitrogens with zero attached hydrogens (tertiary/aromatic N) is 1. The summed E-state index contributed by atoms with van der Waals surface area (Å²) in [5.74, 6) is 0.404. The zero-order chi connectivity index (χ0) is 24.4. The minimum absolute atomic E-state index is 0.0169. The van der Waals surface area contributed by atoms with Crippen molar-refractivity contribution in [3.8, 4) is 5.75 Å². The van der Waals surface area contributed by atoms with Gasteiger partial charge in [0.25, 0.3) is 5.91 Å². The third-order valence-corrected chi connectivity index (χ3v) is 7.71. The molecule has 6 nitrogen and oxygen atoms in total. The second-order valence-corrected chi connectivity index (χ2v) is 9.94. The molecule has 5 rings (SSSR count). The summed E-state index contributed by atoms with van der Waals surface area (Å²) >= 11 is 0. The van der Waals surface area contributed by atoms with Crippen LogP contribution in [-0.2, 0) is 11.2 Å². The number of aliphatic hydroxyl groups is 1. The van der Waals surface area contributed by atoms with Gasteiger partial charge in [-0.25, -0.2) is 4.79 Å². The van der Waals surface area contributed by atoms with Crippen LogP contribution in [0.4, 0.5) is 0 Å². The predicted molar refractivity (Wildman–Crippen MR) is 134 cm³/mol. The van der Waals surface area contributed by atoms with E-state index < -0.39 is 5.60 Å². The number of rotatable bonds is 6. The van der Waals surface area contributed by atoms with Crippen LogP contribution in [0.3, 0.4) is 0 Å². The molecule has 1 unspecified atom stereocenters. The second-order valence-electron chi connectivity index (χ2n) is 9.94. The topological polar surface area (TPSA) is 80.0 Å². The Morgan fingerprint density at radius 1 is 1.14 bits per heavy atom. The average molecular weight is 476 g/mol. The zero-order valence-electron chi connectivity index (χ0n) is 20.2. The van der Waals surface area contributed by atoms with Crippen molar-refractivity contribution >= 4 is 16.9 Å². The van der Waals surface area contributed by atoms with Crippen molar-refractivity contribution < 1.29 is 19.1 Å². The Hall–Kier alpha value is -3.12. The van der Waals surface area contributed by atoms with E-state index in [2.05, 4.69) is 6.92 Å². The summed E-state index contributed by atoms with van der Waals surface area (Å²) in [6.07, 6.45) is 6.12. The van der Waals surface area contributed by atoms with Gasteiger partial charge in [-0.3, -0.25) is 4.79 Å². The highest BCUT2D eigenvalue weighted by Crippen LogP contribution is 2.49. The van der Waals surface area contributed by atoms with Crippen LogP contribution >= 0.6 is 0 Å². The Morgan fingerprint density at radius 3 is 2.77 bits per heavy atom. The lowest BCUT2D eigenvalue weighted by Gasteiger charge is -2.52. The van der Waals surface area contributed by atoms with Gasteiger partial charge in [-0.2, -0.15) is 0 Å². The highest BCUT2D eigenvalue weighted by molar-refractivity contribution is 5.82. The molecule has 2 aliphatic rings. The highest BCUT2D eigenvalue weighted by Gasteiger charge is 2.50. The molecule has 1 saturated heterocycles. The van der Waals surface area contributed by atoms with E-state index in [0.29, 0.717) is 24.3 Å². The SMILES string of the molecule is CCCc1cc(=O)oc2cc(OCC(=O)N3CC[C@@]4(O)CCCC[C@H]4C3c3ccccc3)ccc12. The van der Waals surface area contributed by atoms with Gasteiger partial charge in [0.1, 0.15) is 11.3 Å². The third kappa shape index (κ3) is 4.72. The first-order chi connectivity index (χ1) is 17.0. The summed E-state index contributed by atoms with van der Waals surface area (Å²) in [5.41, 5.74) is 1.39. The van der Waals surface area contributed by atoms with E-state index in [0.717, 1.165) is 55.0 Å². The molecule has 0 radical (unpaired) electrons. The first kappa shape index (κ1) is 23.6. The molecule has 184 valence electrons. The number of fused-ring (bicyclic) bond motifs is 2. The first-order valence-electron chi connectivity index (χ1n) is 12.7. The molecule has 2 fully saturated rings. The Bertz CT molecular complexity index is 1250. The number of carbonyl (C=O) groups excluding carboxylic acids is 1. The number of benzene rings is 2. The van der Waals surface area contributed by atoms with Gasteiger partial charge < -0.3 is 19.2 Å². The van der Waals surface area contributed by atoms with Gasteiger partial charge in [-0.05, 0) is 48.9 Å². The van der Waals surface area contributed by atoms with Gasteiger partial charge in [0.05, 0.1) is 11.6 Å². The number of ether oxygens (including phenoxy) is 1. The number of carbonyl (C=O) groups is 1. The molecule has 0 bridgehead atoms. The molecule has 1 aromatic heterocycles. The van der Waals surface area contributed by atoms with Crippen LogP contribution in [0, 0.1) is 5.92 Å². The number of aryl methyl sites for hydroxylation is 1. The van der Waals surface area contributed by atoms with Crippen LogP contribution in [0.2, 0.25) is 0 Å². The number of likely N-dealkylation sites (tertiary alicyclic amines) is 1. The first-order valence-corrected chi connectivity index (χ1v) is 12.7. The Labute approximate surface area is 205 Å². The highest BCUT2D eigenvalue weighted by atomic mass is 16.5. The van der Waals surface area contributed by atoms with Crippen molar-refractivity contribution in [1.29, 1.82) is 0 Å².